The van der Waals surface area contributed by atoms with Gasteiger partial charge < -0.3 is 14.6 Å². The molecule has 118 valence electrons. The molecule has 0 spiro atoms. The number of hydrogen-bond acceptors (Lipinski definition) is 7. The van der Waals surface area contributed by atoms with Crippen LogP contribution in [0.5, 0.6) is 17.2 Å². The molecule has 1 atom stereocenters. The van der Waals surface area contributed by atoms with Crippen molar-refractivity contribution >= 4 is 43.7 Å². The quantitative estimate of drug-likeness (QED) is 0.347. The smallest absolute Gasteiger partial charge is 0.200 e. The first-order chi connectivity index (χ1) is 9.82. The normalized spacial score (nSPS) is 12.9. The van der Waals surface area contributed by atoms with E-state index in [-0.39, 0.29) is 23.0 Å². The molecule has 0 saturated carbocycles. The lowest BCUT2D eigenvalue weighted by atomic mass is 9.91. The summed E-state index contributed by atoms with van der Waals surface area (Å²) in [4.78, 5) is 12.7. The van der Waals surface area contributed by atoms with Crippen LogP contribution in [0.4, 0.5) is 0 Å². The van der Waals surface area contributed by atoms with Crippen molar-refractivity contribution in [3.05, 3.63) is 17.7 Å². The van der Waals surface area contributed by atoms with Crippen LogP contribution in [-0.2, 0) is 0 Å². The van der Waals surface area contributed by atoms with Crippen LogP contribution >= 0.6 is 37.9 Å². The maximum absolute atomic E-state index is 12.7. The fourth-order valence-corrected chi connectivity index (χ4v) is 2.89. The maximum atomic E-state index is 12.7. The summed E-state index contributed by atoms with van der Waals surface area (Å²) in [5.41, 5.74) is 0.377. The van der Waals surface area contributed by atoms with Gasteiger partial charge in [-0.15, -0.1) is 0 Å². The topological polar surface area (TPSA) is 55.8 Å². The van der Waals surface area contributed by atoms with Gasteiger partial charge in [-0.2, -0.15) is 37.9 Å². The van der Waals surface area contributed by atoms with Crippen molar-refractivity contribution in [2.45, 2.75) is 17.4 Å². The van der Waals surface area contributed by atoms with E-state index in [1.807, 2.05) is 6.92 Å². The molecule has 1 aromatic rings. The Bertz CT molecular complexity index is 492. The molecule has 0 aromatic heterocycles. The number of Topliss-reactive ketones (excluding diaryl/α,β-unsaturated/α-hetero) is 1. The van der Waals surface area contributed by atoms with Gasteiger partial charge in [-0.1, -0.05) is 6.92 Å². The number of ether oxygens (including phenoxy) is 2. The molecule has 4 nitrogen and oxygen atoms in total. The van der Waals surface area contributed by atoms with E-state index in [9.17, 15) is 9.90 Å². The van der Waals surface area contributed by atoms with E-state index in [0.29, 0.717) is 17.7 Å². The molecule has 1 unspecified atom stereocenters. The number of rotatable bonds is 7. The molecular weight excluding hydrogens is 328 g/mol. The van der Waals surface area contributed by atoms with Gasteiger partial charge in [0.15, 0.2) is 17.3 Å². The lowest BCUT2D eigenvalue weighted by Gasteiger charge is -2.29. The van der Waals surface area contributed by atoms with Gasteiger partial charge in [-0.25, -0.2) is 0 Å². The first kappa shape index (κ1) is 18.4. The highest BCUT2D eigenvalue weighted by atomic mass is 32.2. The third-order valence-electron chi connectivity index (χ3n) is 3.28. The lowest BCUT2D eigenvalue weighted by molar-refractivity contribution is 0.0912. The highest BCUT2D eigenvalue weighted by Gasteiger charge is 2.35. The van der Waals surface area contributed by atoms with Crippen LogP contribution in [-0.4, -0.2) is 34.9 Å². The third-order valence-corrected chi connectivity index (χ3v) is 5.22. The monoisotopic (exact) mass is 348 g/mol. The zero-order valence-corrected chi connectivity index (χ0v) is 14.8. The van der Waals surface area contributed by atoms with Gasteiger partial charge in [0, 0.05) is 17.2 Å². The number of carbonyl (C=O) groups is 1. The molecule has 0 aliphatic carbocycles. The van der Waals surface area contributed by atoms with Crippen LogP contribution in [0.25, 0.3) is 0 Å². The van der Waals surface area contributed by atoms with E-state index in [4.69, 9.17) is 9.47 Å². The Kier molecular flexibility index (Phi) is 6.62. The first-order valence-corrected chi connectivity index (χ1v) is 7.89. The summed E-state index contributed by atoms with van der Waals surface area (Å²) >= 11 is 13.0. The summed E-state index contributed by atoms with van der Waals surface area (Å²) in [6.07, 6.45) is 0.567. The van der Waals surface area contributed by atoms with Gasteiger partial charge in [0.25, 0.3) is 0 Å². The molecule has 0 amide bonds. The van der Waals surface area contributed by atoms with Gasteiger partial charge in [-0.3, -0.25) is 4.79 Å². The summed E-state index contributed by atoms with van der Waals surface area (Å²) in [5, 5.41) is 9.89. The van der Waals surface area contributed by atoms with Crippen molar-refractivity contribution < 1.29 is 19.4 Å². The molecule has 0 saturated heterocycles. The van der Waals surface area contributed by atoms with Crippen LogP contribution in [0.1, 0.15) is 23.7 Å². The maximum Gasteiger partial charge on any atom is 0.200 e. The van der Waals surface area contributed by atoms with Crippen molar-refractivity contribution in [1.29, 1.82) is 0 Å². The Balaban J connectivity index is 3.29. The molecule has 0 bridgehead atoms. The molecule has 0 aliphatic rings. The van der Waals surface area contributed by atoms with Gasteiger partial charge in [0.2, 0.25) is 5.75 Å². The standard InChI is InChI=1S/C14H20O4S3/c1-4-9(14(20,21)7-19)12(15)8-5-10(17-2)13(16)11(6-8)18-3/h5-6,9,16,19-21H,4,7H2,1-3H3. The van der Waals surface area contributed by atoms with E-state index in [1.165, 1.54) is 26.4 Å². The number of phenols is 1. The number of phenolic OH excluding ortho intramolecular Hbond substituents is 1. The molecule has 21 heavy (non-hydrogen) atoms. The summed E-state index contributed by atoms with van der Waals surface area (Å²) in [6.45, 7) is 1.89. The van der Waals surface area contributed by atoms with Crippen molar-refractivity contribution in [2.75, 3.05) is 20.0 Å². The first-order valence-electron chi connectivity index (χ1n) is 6.37. The average Bonchev–Trinajstić information content (AvgIpc) is 2.47. The Hall–Kier alpha value is -0.660. The highest BCUT2D eigenvalue weighted by molar-refractivity contribution is 8.02. The number of aromatic hydroxyl groups is 1. The Morgan fingerprint density at radius 2 is 1.76 bits per heavy atom. The van der Waals surface area contributed by atoms with Crippen molar-refractivity contribution in [3.63, 3.8) is 0 Å². The number of thiol groups is 3. The fourth-order valence-electron chi connectivity index (χ4n) is 2.07. The van der Waals surface area contributed by atoms with E-state index >= 15 is 0 Å². The Morgan fingerprint density at radius 3 is 2.10 bits per heavy atom. The molecule has 7 heteroatoms. The minimum absolute atomic E-state index is 0.137. The number of hydrogen-bond donors (Lipinski definition) is 4. The summed E-state index contributed by atoms with van der Waals surface area (Å²) in [6, 6.07) is 2.97. The zero-order chi connectivity index (χ0) is 16.2. The van der Waals surface area contributed by atoms with Gasteiger partial charge in [-0.05, 0) is 18.6 Å². The van der Waals surface area contributed by atoms with E-state index in [2.05, 4.69) is 37.9 Å². The highest BCUT2D eigenvalue weighted by Crippen LogP contribution is 2.40. The van der Waals surface area contributed by atoms with Crippen LogP contribution in [0, 0.1) is 5.92 Å². The SMILES string of the molecule is CCC(C(=O)c1cc(OC)c(O)c(OC)c1)C(S)(S)CS. The molecule has 0 fully saturated rings. The minimum Gasteiger partial charge on any atom is -0.502 e. The number of benzene rings is 1. The predicted octanol–water partition coefficient (Wildman–Crippen LogP) is 3.10. The molecular formula is C14H20O4S3. The van der Waals surface area contributed by atoms with E-state index in [0.717, 1.165) is 0 Å². The second-order valence-corrected chi connectivity index (χ2v) is 6.86. The number of ketones is 1. The van der Waals surface area contributed by atoms with E-state index in [1.54, 1.807) is 0 Å². The summed E-state index contributed by atoms with van der Waals surface area (Å²) < 4.78 is 9.31. The zero-order valence-electron chi connectivity index (χ0n) is 12.2. The summed E-state index contributed by atoms with van der Waals surface area (Å²) in [5.74, 6) is -0.00388. The predicted molar refractivity (Wildman–Crippen MR) is 93.9 cm³/mol. The van der Waals surface area contributed by atoms with Crippen LogP contribution in [0.3, 0.4) is 0 Å². The van der Waals surface area contributed by atoms with Gasteiger partial charge in [0.05, 0.1) is 18.3 Å². The van der Waals surface area contributed by atoms with Crippen LogP contribution < -0.4 is 9.47 Å². The molecule has 1 rings (SSSR count). The molecule has 1 aromatic carbocycles. The van der Waals surface area contributed by atoms with Crippen LogP contribution in [0.15, 0.2) is 12.1 Å². The van der Waals surface area contributed by atoms with Gasteiger partial charge >= 0.3 is 0 Å². The molecule has 0 heterocycles. The number of carbonyl (C=O) groups excluding carboxylic acids is 1. The summed E-state index contributed by atoms with van der Waals surface area (Å²) in [7, 11) is 2.82. The third kappa shape index (κ3) is 3.96. The fraction of sp³-hybridized carbons (Fsp3) is 0.500. The second kappa shape index (κ2) is 7.56. The molecule has 0 radical (unpaired) electrons. The minimum atomic E-state index is -0.826. The Labute approximate surface area is 141 Å². The van der Waals surface area contributed by atoms with Crippen molar-refractivity contribution in [1.82, 2.24) is 0 Å². The van der Waals surface area contributed by atoms with Crippen molar-refractivity contribution in [3.8, 4) is 17.2 Å². The second-order valence-electron chi connectivity index (χ2n) is 4.59. The average molecular weight is 349 g/mol. The molecule has 0 aliphatic heterocycles. The Morgan fingerprint density at radius 1 is 1.29 bits per heavy atom. The largest absolute Gasteiger partial charge is 0.502 e. The van der Waals surface area contributed by atoms with Gasteiger partial charge in [0.1, 0.15) is 0 Å². The van der Waals surface area contributed by atoms with Crippen LogP contribution in [0.2, 0.25) is 0 Å². The van der Waals surface area contributed by atoms with E-state index < -0.39 is 10.00 Å². The molecule has 1 N–H and O–H groups in total. The lowest BCUT2D eigenvalue weighted by Crippen LogP contribution is -2.34. The van der Waals surface area contributed by atoms with Crippen molar-refractivity contribution in [2.24, 2.45) is 5.92 Å². The number of methoxy groups -OCH3 is 2.